The van der Waals surface area contributed by atoms with Gasteiger partial charge in [-0.05, 0) is 30.5 Å². The lowest BCUT2D eigenvalue weighted by Gasteiger charge is -2.12. The second kappa shape index (κ2) is 5.29. The highest BCUT2D eigenvalue weighted by molar-refractivity contribution is 7.91. The third-order valence-electron chi connectivity index (χ3n) is 3.35. The Morgan fingerprint density at radius 3 is 2.56 bits per heavy atom. The smallest absolute Gasteiger partial charge is 0.157 e. The van der Waals surface area contributed by atoms with Crippen molar-refractivity contribution in [3.63, 3.8) is 0 Å². The molecule has 1 aliphatic rings. The van der Waals surface area contributed by atoms with Crippen molar-refractivity contribution < 1.29 is 8.42 Å². The van der Waals surface area contributed by atoms with E-state index >= 15 is 0 Å². The third-order valence-corrected chi connectivity index (χ3v) is 5.90. The van der Waals surface area contributed by atoms with E-state index in [1.807, 2.05) is 6.07 Å². The standard InChI is InChI=1S/C13H14ClNO2S/c14-13-7-10(8-15)5-6-11(13)9-18(16,17)12-3-1-2-4-12/h5-7,12H,1-4,9H2. The average Bonchev–Trinajstić information content (AvgIpc) is 2.86. The molecule has 1 saturated carbocycles. The molecule has 0 radical (unpaired) electrons. The zero-order valence-corrected chi connectivity index (χ0v) is 11.5. The van der Waals surface area contributed by atoms with Crippen molar-refractivity contribution in [3.05, 3.63) is 34.3 Å². The minimum atomic E-state index is -3.12. The van der Waals surface area contributed by atoms with Gasteiger partial charge in [-0.25, -0.2) is 8.42 Å². The molecule has 0 N–H and O–H groups in total. The van der Waals surface area contributed by atoms with E-state index in [1.165, 1.54) is 6.07 Å². The van der Waals surface area contributed by atoms with E-state index in [9.17, 15) is 8.42 Å². The third kappa shape index (κ3) is 2.85. The fourth-order valence-corrected chi connectivity index (χ4v) is 4.62. The van der Waals surface area contributed by atoms with Crippen LogP contribution >= 0.6 is 11.6 Å². The van der Waals surface area contributed by atoms with Crippen molar-refractivity contribution in [2.75, 3.05) is 0 Å². The predicted molar refractivity (Wildman–Crippen MR) is 71.0 cm³/mol. The lowest BCUT2D eigenvalue weighted by Crippen LogP contribution is -2.19. The van der Waals surface area contributed by atoms with Gasteiger partial charge in [0.1, 0.15) is 0 Å². The van der Waals surface area contributed by atoms with Gasteiger partial charge in [-0.3, -0.25) is 0 Å². The molecule has 96 valence electrons. The van der Waals surface area contributed by atoms with Crippen LogP contribution in [0.5, 0.6) is 0 Å². The first-order chi connectivity index (χ1) is 8.53. The van der Waals surface area contributed by atoms with Crippen molar-refractivity contribution in [2.45, 2.75) is 36.7 Å². The van der Waals surface area contributed by atoms with E-state index in [-0.39, 0.29) is 11.0 Å². The number of nitrogens with zero attached hydrogens (tertiary/aromatic N) is 1. The highest BCUT2D eigenvalue weighted by atomic mass is 35.5. The van der Waals surface area contributed by atoms with Crippen LogP contribution in [0.25, 0.3) is 0 Å². The molecular formula is C13H14ClNO2S. The van der Waals surface area contributed by atoms with Crippen molar-refractivity contribution in [3.8, 4) is 6.07 Å². The summed E-state index contributed by atoms with van der Waals surface area (Å²) in [5.74, 6) is -0.0256. The number of hydrogen-bond donors (Lipinski definition) is 0. The lowest BCUT2D eigenvalue weighted by atomic mass is 10.2. The minimum absolute atomic E-state index is 0.0256. The fourth-order valence-electron chi connectivity index (χ4n) is 2.32. The van der Waals surface area contributed by atoms with E-state index in [2.05, 4.69) is 0 Å². The van der Waals surface area contributed by atoms with E-state index in [1.54, 1.807) is 12.1 Å². The first-order valence-electron chi connectivity index (χ1n) is 5.93. The summed E-state index contributed by atoms with van der Waals surface area (Å²) in [5.41, 5.74) is 1.03. The molecule has 0 amide bonds. The van der Waals surface area contributed by atoms with E-state index in [0.29, 0.717) is 16.1 Å². The summed E-state index contributed by atoms with van der Waals surface area (Å²) < 4.78 is 24.4. The Hall–Kier alpha value is -1.05. The van der Waals surface area contributed by atoms with Crippen LogP contribution in [0, 0.1) is 11.3 Å². The number of sulfone groups is 1. The number of nitriles is 1. The second-order valence-electron chi connectivity index (χ2n) is 4.63. The molecule has 1 aromatic carbocycles. The summed E-state index contributed by atoms with van der Waals surface area (Å²) in [7, 11) is -3.12. The largest absolute Gasteiger partial charge is 0.228 e. The van der Waals surface area contributed by atoms with Gasteiger partial charge in [0.15, 0.2) is 9.84 Å². The average molecular weight is 284 g/mol. The van der Waals surface area contributed by atoms with Crippen LogP contribution in [-0.4, -0.2) is 13.7 Å². The Kier molecular flexibility index (Phi) is 3.94. The van der Waals surface area contributed by atoms with Gasteiger partial charge in [0.2, 0.25) is 0 Å². The Morgan fingerprint density at radius 2 is 2.00 bits per heavy atom. The molecule has 5 heteroatoms. The molecule has 0 unspecified atom stereocenters. The molecule has 1 aliphatic carbocycles. The zero-order valence-electron chi connectivity index (χ0n) is 9.89. The Morgan fingerprint density at radius 1 is 1.33 bits per heavy atom. The minimum Gasteiger partial charge on any atom is -0.228 e. The van der Waals surface area contributed by atoms with Crippen LogP contribution in [0.1, 0.15) is 36.8 Å². The van der Waals surface area contributed by atoms with Gasteiger partial charge < -0.3 is 0 Å². The van der Waals surface area contributed by atoms with Crippen molar-refractivity contribution >= 4 is 21.4 Å². The number of benzene rings is 1. The molecule has 3 nitrogen and oxygen atoms in total. The molecule has 0 saturated heterocycles. The van der Waals surface area contributed by atoms with Crippen molar-refractivity contribution in [1.29, 1.82) is 5.26 Å². The highest BCUT2D eigenvalue weighted by Crippen LogP contribution is 2.29. The van der Waals surface area contributed by atoms with Crippen LogP contribution in [-0.2, 0) is 15.6 Å². The molecule has 2 rings (SSSR count). The summed E-state index contributed by atoms with van der Waals surface area (Å²) in [4.78, 5) is 0. The molecule has 0 aromatic heterocycles. The number of rotatable bonds is 3. The van der Waals surface area contributed by atoms with E-state index < -0.39 is 9.84 Å². The normalized spacial score (nSPS) is 16.7. The Bertz CT molecular complexity index is 583. The van der Waals surface area contributed by atoms with Crippen LogP contribution in [0.4, 0.5) is 0 Å². The molecule has 1 aromatic rings. The van der Waals surface area contributed by atoms with Crippen LogP contribution < -0.4 is 0 Å². The molecule has 0 aliphatic heterocycles. The SMILES string of the molecule is N#Cc1ccc(CS(=O)(=O)C2CCCC2)c(Cl)c1. The molecule has 0 bridgehead atoms. The maximum atomic E-state index is 12.2. The van der Waals surface area contributed by atoms with Crippen molar-refractivity contribution in [1.82, 2.24) is 0 Å². The van der Waals surface area contributed by atoms with Gasteiger partial charge in [0, 0.05) is 5.02 Å². The zero-order chi connectivity index (χ0) is 13.2. The summed E-state index contributed by atoms with van der Waals surface area (Å²) in [6, 6.07) is 6.73. The topological polar surface area (TPSA) is 57.9 Å². The van der Waals surface area contributed by atoms with Crippen molar-refractivity contribution in [2.24, 2.45) is 0 Å². The van der Waals surface area contributed by atoms with E-state index in [4.69, 9.17) is 16.9 Å². The monoisotopic (exact) mass is 283 g/mol. The first-order valence-corrected chi connectivity index (χ1v) is 8.02. The summed E-state index contributed by atoms with van der Waals surface area (Å²) >= 11 is 6.01. The maximum absolute atomic E-state index is 12.2. The number of hydrogen-bond acceptors (Lipinski definition) is 3. The lowest BCUT2D eigenvalue weighted by molar-refractivity contribution is 0.579. The summed E-state index contributed by atoms with van der Waals surface area (Å²) in [6.07, 6.45) is 3.50. The molecular weight excluding hydrogens is 270 g/mol. The summed E-state index contributed by atoms with van der Waals surface area (Å²) in [5, 5.41) is 8.87. The molecule has 0 spiro atoms. The molecule has 18 heavy (non-hydrogen) atoms. The predicted octanol–water partition coefficient (Wildman–Crippen LogP) is 3.07. The van der Waals surface area contributed by atoms with Gasteiger partial charge in [0.25, 0.3) is 0 Å². The van der Waals surface area contributed by atoms with Gasteiger partial charge >= 0.3 is 0 Å². The Balaban J connectivity index is 2.21. The molecule has 1 fully saturated rings. The van der Waals surface area contributed by atoms with E-state index in [0.717, 1.165) is 25.7 Å². The van der Waals surface area contributed by atoms with Gasteiger partial charge in [-0.15, -0.1) is 0 Å². The van der Waals surface area contributed by atoms with Crippen LogP contribution in [0.3, 0.4) is 0 Å². The first kappa shape index (κ1) is 13.4. The Labute approximate surface area is 112 Å². The van der Waals surface area contributed by atoms with Crippen LogP contribution in [0.15, 0.2) is 18.2 Å². The second-order valence-corrected chi connectivity index (χ2v) is 7.32. The highest BCUT2D eigenvalue weighted by Gasteiger charge is 2.29. The fraction of sp³-hybridized carbons (Fsp3) is 0.462. The van der Waals surface area contributed by atoms with Gasteiger partial charge in [-0.1, -0.05) is 30.5 Å². The quantitative estimate of drug-likeness (QED) is 0.856. The maximum Gasteiger partial charge on any atom is 0.157 e. The van der Waals surface area contributed by atoms with Gasteiger partial charge in [-0.2, -0.15) is 5.26 Å². The molecule has 0 heterocycles. The molecule has 0 atom stereocenters. The summed E-state index contributed by atoms with van der Waals surface area (Å²) in [6.45, 7) is 0. The number of halogens is 1. The van der Waals surface area contributed by atoms with Crippen LogP contribution in [0.2, 0.25) is 5.02 Å². The van der Waals surface area contributed by atoms with Gasteiger partial charge in [0.05, 0.1) is 22.6 Å².